The fourth-order valence-corrected chi connectivity index (χ4v) is 4.56. The molecular weight excluding hydrogens is 396 g/mol. The molecule has 1 N–H and O–H groups in total. The number of morpholine rings is 1. The Balaban J connectivity index is 1.57. The van der Waals surface area contributed by atoms with Crippen LogP contribution < -0.4 is 0 Å². The summed E-state index contributed by atoms with van der Waals surface area (Å²) in [5, 5.41) is 11.0. The van der Waals surface area contributed by atoms with Crippen molar-refractivity contribution in [1.29, 1.82) is 0 Å². The summed E-state index contributed by atoms with van der Waals surface area (Å²) in [6, 6.07) is 13.9. The molecule has 2 aliphatic rings. The molecule has 2 aliphatic heterocycles. The number of aliphatic imine (C=N–C) groups is 1. The molecule has 6 heteroatoms. The molecule has 5 nitrogen and oxygen atoms in total. The van der Waals surface area contributed by atoms with E-state index in [0.29, 0.717) is 29.8 Å². The van der Waals surface area contributed by atoms with Gasteiger partial charge in [-0.25, -0.2) is 0 Å². The van der Waals surface area contributed by atoms with Gasteiger partial charge in [0.05, 0.1) is 18.1 Å². The highest BCUT2D eigenvalue weighted by Crippen LogP contribution is 2.34. The predicted octanol–water partition coefficient (Wildman–Crippen LogP) is 4.88. The van der Waals surface area contributed by atoms with E-state index >= 15 is 0 Å². The van der Waals surface area contributed by atoms with Crippen LogP contribution in [0.4, 0.5) is 0 Å². The van der Waals surface area contributed by atoms with Crippen LogP contribution in [0.1, 0.15) is 37.3 Å². The molecule has 0 radical (unpaired) electrons. The van der Waals surface area contributed by atoms with Crippen LogP contribution in [0.5, 0.6) is 5.75 Å². The van der Waals surface area contributed by atoms with E-state index in [1.165, 1.54) is 11.8 Å². The number of aromatic hydroxyl groups is 1. The lowest BCUT2D eigenvalue weighted by Gasteiger charge is -2.27. The van der Waals surface area contributed by atoms with E-state index in [1.54, 1.807) is 6.07 Å². The van der Waals surface area contributed by atoms with Crippen molar-refractivity contribution in [3.8, 4) is 16.9 Å². The molecule has 1 amide bonds. The van der Waals surface area contributed by atoms with Crippen molar-refractivity contribution in [2.24, 2.45) is 4.99 Å². The third-order valence-electron chi connectivity index (χ3n) is 5.58. The van der Waals surface area contributed by atoms with Crippen molar-refractivity contribution < 1.29 is 14.6 Å². The Morgan fingerprint density at radius 1 is 1.20 bits per heavy atom. The zero-order valence-electron chi connectivity index (χ0n) is 17.3. The number of carbonyl (C=O) groups is 1. The molecule has 0 aromatic heterocycles. The predicted molar refractivity (Wildman–Crippen MR) is 123 cm³/mol. The number of amidine groups is 1. The number of ether oxygens (including phenoxy) is 1. The van der Waals surface area contributed by atoms with Gasteiger partial charge in [-0.2, -0.15) is 4.99 Å². The van der Waals surface area contributed by atoms with E-state index < -0.39 is 0 Å². The van der Waals surface area contributed by atoms with Crippen LogP contribution in [-0.4, -0.2) is 47.4 Å². The summed E-state index contributed by atoms with van der Waals surface area (Å²) in [6.45, 7) is 7.10. The van der Waals surface area contributed by atoms with E-state index in [1.807, 2.05) is 30.3 Å². The van der Waals surface area contributed by atoms with Crippen molar-refractivity contribution in [2.75, 3.05) is 26.3 Å². The quantitative estimate of drug-likeness (QED) is 0.712. The minimum absolute atomic E-state index is 0.185. The molecule has 1 unspecified atom stereocenters. The van der Waals surface area contributed by atoms with E-state index in [2.05, 4.69) is 35.9 Å². The maximum absolute atomic E-state index is 12.4. The molecule has 0 bridgehead atoms. The van der Waals surface area contributed by atoms with Crippen LogP contribution in [0, 0.1) is 0 Å². The second kappa shape index (κ2) is 9.06. The number of phenols is 1. The third kappa shape index (κ3) is 4.45. The normalized spacial score (nSPS) is 19.3. The second-order valence-corrected chi connectivity index (χ2v) is 8.63. The highest BCUT2D eigenvalue weighted by atomic mass is 32.2. The Morgan fingerprint density at radius 2 is 1.97 bits per heavy atom. The number of rotatable bonds is 4. The molecule has 2 heterocycles. The van der Waals surface area contributed by atoms with E-state index in [-0.39, 0.29) is 5.91 Å². The third-order valence-corrected chi connectivity index (χ3v) is 6.62. The first-order valence-corrected chi connectivity index (χ1v) is 11.2. The minimum atomic E-state index is -0.185. The summed E-state index contributed by atoms with van der Waals surface area (Å²) in [5.41, 5.74) is 4.03. The Kier molecular flexibility index (Phi) is 6.25. The van der Waals surface area contributed by atoms with Gasteiger partial charge >= 0.3 is 0 Å². The first-order chi connectivity index (χ1) is 14.5. The molecule has 2 aromatic carbocycles. The Morgan fingerprint density at radius 3 is 2.73 bits per heavy atom. The molecule has 1 fully saturated rings. The molecule has 30 heavy (non-hydrogen) atoms. The van der Waals surface area contributed by atoms with Crippen molar-refractivity contribution in [3.63, 3.8) is 0 Å². The van der Waals surface area contributed by atoms with Crippen LogP contribution in [0.2, 0.25) is 0 Å². The molecule has 0 saturated carbocycles. The van der Waals surface area contributed by atoms with Crippen LogP contribution in [-0.2, 0) is 9.53 Å². The van der Waals surface area contributed by atoms with Gasteiger partial charge in [0.2, 0.25) is 0 Å². The number of benzene rings is 2. The molecular formula is C24H26N2O3S. The number of hydrogen-bond acceptors (Lipinski definition) is 5. The number of thioether (sulfide) groups is 1. The van der Waals surface area contributed by atoms with Crippen molar-refractivity contribution >= 4 is 28.9 Å². The van der Waals surface area contributed by atoms with Crippen molar-refractivity contribution in [3.05, 3.63) is 58.5 Å². The fraction of sp³-hybridized carbons (Fsp3) is 0.333. The highest BCUT2D eigenvalue weighted by Gasteiger charge is 2.27. The fourth-order valence-electron chi connectivity index (χ4n) is 3.60. The van der Waals surface area contributed by atoms with Crippen LogP contribution in [0.3, 0.4) is 0 Å². The van der Waals surface area contributed by atoms with E-state index in [9.17, 15) is 9.90 Å². The summed E-state index contributed by atoms with van der Waals surface area (Å²) >= 11 is 1.43. The monoisotopic (exact) mass is 422 g/mol. The van der Waals surface area contributed by atoms with Crippen LogP contribution >= 0.6 is 11.8 Å². The standard InChI is InChI=1S/C24H26N2O3S/c1-3-16(2)20-15-19(7-8-21(20)27)18-6-4-5-17(13-18)14-22-23(28)25-24(30-22)26-9-11-29-12-10-26/h4-8,13-16,27H,3,9-12H2,1-2H3. The summed E-state index contributed by atoms with van der Waals surface area (Å²) in [4.78, 5) is 19.4. The van der Waals surface area contributed by atoms with Gasteiger partial charge in [-0.15, -0.1) is 0 Å². The lowest BCUT2D eigenvalue weighted by atomic mass is 9.93. The van der Waals surface area contributed by atoms with E-state index in [0.717, 1.165) is 46.9 Å². The highest BCUT2D eigenvalue weighted by molar-refractivity contribution is 8.18. The second-order valence-electron chi connectivity index (χ2n) is 7.62. The first-order valence-electron chi connectivity index (χ1n) is 10.3. The van der Waals surface area contributed by atoms with Crippen LogP contribution in [0.25, 0.3) is 17.2 Å². The molecule has 156 valence electrons. The van der Waals surface area contributed by atoms with Gasteiger partial charge in [-0.3, -0.25) is 4.79 Å². The summed E-state index contributed by atoms with van der Waals surface area (Å²) in [5.74, 6) is 0.446. The maximum atomic E-state index is 12.4. The topological polar surface area (TPSA) is 62.1 Å². The lowest BCUT2D eigenvalue weighted by Crippen LogP contribution is -2.38. The summed E-state index contributed by atoms with van der Waals surface area (Å²) in [7, 11) is 0. The number of amides is 1. The SMILES string of the molecule is CCC(C)c1cc(-c2cccc(C=C3SC(N4CCOCC4)=NC3=O)c2)ccc1O. The Bertz CT molecular complexity index is 1010. The molecule has 2 aromatic rings. The van der Waals surface area contributed by atoms with Gasteiger partial charge in [0.15, 0.2) is 5.17 Å². The Labute approximate surface area is 181 Å². The Hall–Kier alpha value is -2.57. The average Bonchev–Trinajstić information content (AvgIpc) is 3.14. The maximum Gasteiger partial charge on any atom is 0.286 e. The smallest absolute Gasteiger partial charge is 0.286 e. The summed E-state index contributed by atoms with van der Waals surface area (Å²) < 4.78 is 5.38. The average molecular weight is 423 g/mol. The lowest BCUT2D eigenvalue weighted by molar-refractivity contribution is -0.113. The molecule has 1 saturated heterocycles. The van der Waals surface area contributed by atoms with Crippen molar-refractivity contribution in [2.45, 2.75) is 26.2 Å². The van der Waals surface area contributed by atoms with Crippen molar-refractivity contribution in [1.82, 2.24) is 4.90 Å². The molecule has 0 spiro atoms. The van der Waals surface area contributed by atoms with Gasteiger partial charge in [-0.1, -0.05) is 38.1 Å². The van der Waals surface area contributed by atoms with Gasteiger partial charge in [0, 0.05) is 13.1 Å². The number of nitrogens with zero attached hydrogens (tertiary/aromatic N) is 2. The van der Waals surface area contributed by atoms with Gasteiger partial charge < -0.3 is 14.7 Å². The number of phenolic OH excluding ortho intramolecular Hbond substituents is 1. The molecule has 0 aliphatic carbocycles. The van der Waals surface area contributed by atoms with E-state index in [4.69, 9.17) is 4.74 Å². The first kappa shape index (κ1) is 20.7. The van der Waals surface area contributed by atoms with Gasteiger partial charge in [0.1, 0.15) is 5.75 Å². The van der Waals surface area contributed by atoms with Crippen LogP contribution in [0.15, 0.2) is 52.4 Å². The summed E-state index contributed by atoms with van der Waals surface area (Å²) in [6.07, 6.45) is 2.87. The molecule has 4 rings (SSSR count). The van der Waals surface area contributed by atoms with Gasteiger partial charge in [0.25, 0.3) is 5.91 Å². The minimum Gasteiger partial charge on any atom is -0.508 e. The number of hydrogen-bond donors (Lipinski definition) is 1. The largest absolute Gasteiger partial charge is 0.508 e. The molecule has 1 atom stereocenters. The zero-order valence-corrected chi connectivity index (χ0v) is 18.1. The number of carbonyl (C=O) groups excluding carboxylic acids is 1. The van der Waals surface area contributed by atoms with Gasteiger partial charge in [-0.05, 0) is 70.6 Å². The zero-order chi connectivity index (χ0) is 21.1.